The molecule has 1 amide bonds. The number of aliphatic hydroxyl groups is 1. The standard InChI is InChI=1S/C18H25NO5/c20-12-15-10-16(24-17-8-4-5-9-22-17)11-19(15)18(21)23-13-14-6-2-1-3-7-14/h1-3,6-7,15-17,20H,4-5,8-13H2/t15-,16-,17?/m0/s1. The fourth-order valence-electron chi connectivity index (χ4n) is 3.20. The smallest absolute Gasteiger partial charge is 0.410 e. The molecule has 3 rings (SSSR count). The van der Waals surface area contributed by atoms with Crippen LogP contribution in [0.1, 0.15) is 31.2 Å². The van der Waals surface area contributed by atoms with Crippen LogP contribution in [0.2, 0.25) is 0 Å². The summed E-state index contributed by atoms with van der Waals surface area (Å²) in [5, 5.41) is 9.56. The highest BCUT2D eigenvalue weighted by Crippen LogP contribution is 2.25. The zero-order valence-electron chi connectivity index (χ0n) is 13.8. The van der Waals surface area contributed by atoms with Crippen LogP contribution in [0.15, 0.2) is 30.3 Å². The van der Waals surface area contributed by atoms with E-state index in [9.17, 15) is 9.90 Å². The lowest BCUT2D eigenvalue weighted by molar-refractivity contribution is -0.185. The molecule has 0 aliphatic carbocycles. The molecule has 2 aliphatic heterocycles. The molecule has 3 atom stereocenters. The molecule has 6 nitrogen and oxygen atoms in total. The number of carbonyl (C=O) groups is 1. The lowest BCUT2D eigenvalue weighted by Crippen LogP contribution is -2.38. The second kappa shape index (κ2) is 8.46. The maximum atomic E-state index is 12.3. The Bertz CT molecular complexity index is 517. The van der Waals surface area contributed by atoms with E-state index < -0.39 is 6.09 Å². The van der Waals surface area contributed by atoms with Gasteiger partial charge in [0.2, 0.25) is 0 Å². The maximum absolute atomic E-state index is 12.3. The van der Waals surface area contributed by atoms with Gasteiger partial charge in [0.15, 0.2) is 6.29 Å². The van der Waals surface area contributed by atoms with E-state index in [1.807, 2.05) is 30.3 Å². The van der Waals surface area contributed by atoms with Crippen LogP contribution >= 0.6 is 0 Å². The molecule has 0 radical (unpaired) electrons. The first kappa shape index (κ1) is 17.2. The Hall–Kier alpha value is -1.63. The average molecular weight is 335 g/mol. The van der Waals surface area contributed by atoms with Crippen LogP contribution in [0.4, 0.5) is 4.79 Å². The molecule has 1 unspecified atom stereocenters. The number of rotatable bonds is 5. The molecule has 2 fully saturated rings. The van der Waals surface area contributed by atoms with E-state index in [-0.39, 0.29) is 31.6 Å². The van der Waals surface area contributed by atoms with E-state index in [0.29, 0.717) is 13.0 Å². The Kier molecular flexibility index (Phi) is 6.07. The lowest BCUT2D eigenvalue weighted by atomic mass is 10.2. The predicted molar refractivity (Wildman–Crippen MR) is 87.3 cm³/mol. The highest BCUT2D eigenvalue weighted by atomic mass is 16.7. The van der Waals surface area contributed by atoms with Crippen molar-refractivity contribution < 1.29 is 24.1 Å². The quantitative estimate of drug-likeness (QED) is 0.894. The summed E-state index contributed by atoms with van der Waals surface area (Å²) in [6.07, 6.45) is 2.95. The number of hydrogen-bond acceptors (Lipinski definition) is 5. The van der Waals surface area contributed by atoms with Gasteiger partial charge in [0.1, 0.15) is 6.61 Å². The van der Waals surface area contributed by atoms with Crippen molar-refractivity contribution >= 4 is 6.09 Å². The third-order valence-corrected chi connectivity index (χ3v) is 4.51. The molecule has 24 heavy (non-hydrogen) atoms. The van der Waals surface area contributed by atoms with Gasteiger partial charge in [-0.1, -0.05) is 30.3 Å². The Morgan fingerprint density at radius 1 is 1.29 bits per heavy atom. The maximum Gasteiger partial charge on any atom is 0.410 e. The molecule has 6 heteroatoms. The van der Waals surface area contributed by atoms with Gasteiger partial charge in [-0.05, 0) is 31.2 Å². The van der Waals surface area contributed by atoms with Crippen molar-refractivity contribution in [2.75, 3.05) is 19.8 Å². The number of aliphatic hydroxyl groups excluding tert-OH is 1. The second-order valence-electron chi connectivity index (χ2n) is 6.32. The first-order valence-electron chi connectivity index (χ1n) is 8.61. The minimum Gasteiger partial charge on any atom is -0.445 e. The summed E-state index contributed by atoms with van der Waals surface area (Å²) in [6.45, 7) is 1.29. The molecule has 1 N–H and O–H groups in total. The Labute approximate surface area is 142 Å². The molecule has 0 spiro atoms. The largest absolute Gasteiger partial charge is 0.445 e. The van der Waals surface area contributed by atoms with Crippen molar-refractivity contribution in [1.82, 2.24) is 4.90 Å². The zero-order valence-corrected chi connectivity index (χ0v) is 13.8. The number of ether oxygens (including phenoxy) is 3. The van der Waals surface area contributed by atoms with Gasteiger partial charge in [-0.3, -0.25) is 0 Å². The van der Waals surface area contributed by atoms with Gasteiger partial charge in [0, 0.05) is 6.61 Å². The number of amides is 1. The van der Waals surface area contributed by atoms with E-state index in [2.05, 4.69) is 0 Å². The SMILES string of the molecule is O=C(OCc1ccccc1)N1C[C@@H](OC2CCCCO2)C[C@H]1CO. The molecule has 1 aromatic carbocycles. The zero-order chi connectivity index (χ0) is 16.8. The van der Waals surface area contributed by atoms with Gasteiger partial charge < -0.3 is 24.2 Å². The Morgan fingerprint density at radius 2 is 2.12 bits per heavy atom. The van der Waals surface area contributed by atoms with Crippen LogP contribution in [-0.2, 0) is 20.8 Å². The summed E-state index contributed by atoms with van der Waals surface area (Å²) in [5.74, 6) is 0. The molecule has 2 heterocycles. The van der Waals surface area contributed by atoms with E-state index in [0.717, 1.165) is 31.4 Å². The van der Waals surface area contributed by atoms with Crippen LogP contribution in [-0.4, -0.2) is 54.3 Å². The minimum absolute atomic E-state index is 0.0914. The highest BCUT2D eigenvalue weighted by molar-refractivity contribution is 5.68. The molecule has 2 saturated heterocycles. The van der Waals surface area contributed by atoms with Crippen molar-refractivity contribution in [1.29, 1.82) is 0 Å². The van der Waals surface area contributed by atoms with Gasteiger partial charge in [-0.25, -0.2) is 4.79 Å². The molecule has 1 aromatic rings. The van der Waals surface area contributed by atoms with Gasteiger partial charge in [-0.2, -0.15) is 0 Å². The fraction of sp³-hybridized carbons (Fsp3) is 0.611. The summed E-state index contributed by atoms with van der Waals surface area (Å²) in [6, 6.07) is 9.29. The molecule has 0 aromatic heterocycles. The van der Waals surface area contributed by atoms with Crippen molar-refractivity contribution in [3.8, 4) is 0 Å². The number of hydrogen-bond donors (Lipinski definition) is 1. The first-order chi connectivity index (χ1) is 11.8. The third kappa shape index (κ3) is 4.47. The van der Waals surface area contributed by atoms with Gasteiger partial charge in [0.25, 0.3) is 0 Å². The third-order valence-electron chi connectivity index (χ3n) is 4.51. The van der Waals surface area contributed by atoms with Crippen LogP contribution in [0.5, 0.6) is 0 Å². The van der Waals surface area contributed by atoms with Crippen LogP contribution in [0.3, 0.4) is 0 Å². The summed E-state index contributed by atoms with van der Waals surface area (Å²) in [7, 11) is 0. The lowest BCUT2D eigenvalue weighted by Gasteiger charge is -2.25. The average Bonchev–Trinajstić information content (AvgIpc) is 3.04. The first-order valence-corrected chi connectivity index (χ1v) is 8.61. The van der Waals surface area contributed by atoms with Gasteiger partial charge >= 0.3 is 6.09 Å². The van der Waals surface area contributed by atoms with Gasteiger partial charge in [-0.15, -0.1) is 0 Å². The number of nitrogens with zero attached hydrogens (tertiary/aromatic N) is 1. The van der Waals surface area contributed by atoms with Crippen LogP contribution < -0.4 is 0 Å². The number of carbonyl (C=O) groups excluding carboxylic acids is 1. The van der Waals surface area contributed by atoms with E-state index in [1.54, 1.807) is 4.90 Å². The topological polar surface area (TPSA) is 68.2 Å². The molecule has 0 bridgehead atoms. The van der Waals surface area contributed by atoms with Crippen molar-refractivity contribution in [3.63, 3.8) is 0 Å². The predicted octanol–water partition coefficient (Wildman–Crippen LogP) is 2.30. The number of benzene rings is 1. The normalized spacial score (nSPS) is 27.2. The van der Waals surface area contributed by atoms with E-state index in [4.69, 9.17) is 14.2 Å². The Balaban J connectivity index is 1.50. The molecule has 132 valence electrons. The molecular weight excluding hydrogens is 310 g/mol. The summed E-state index contributed by atoms with van der Waals surface area (Å²) in [5.41, 5.74) is 0.939. The summed E-state index contributed by atoms with van der Waals surface area (Å²) in [4.78, 5) is 13.9. The van der Waals surface area contributed by atoms with Crippen molar-refractivity contribution in [2.45, 2.75) is 50.7 Å². The van der Waals surface area contributed by atoms with Crippen molar-refractivity contribution in [2.24, 2.45) is 0 Å². The monoisotopic (exact) mass is 335 g/mol. The Morgan fingerprint density at radius 3 is 2.83 bits per heavy atom. The second-order valence-corrected chi connectivity index (χ2v) is 6.32. The summed E-state index contributed by atoms with van der Waals surface area (Å²) < 4.78 is 16.9. The van der Waals surface area contributed by atoms with E-state index >= 15 is 0 Å². The fourth-order valence-corrected chi connectivity index (χ4v) is 3.20. The summed E-state index contributed by atoms with van der Waals surface area (Å²) >= 11 is 0. The van der Waals surface area contributed by atoms with Crippen molar-refractivity contribution in [3.05, 3.63) is 35.9 Å². The number of likely N-dealkylation sites (tertiary alicyclic amines) is 1. The van der Waals surface area contributed by atoms with Crippen LogP contribution in [0, 0.1) is 0 Å². The molecule has 0 saturated carbocycles. The minimum atomic E-state index is -0.409. The molecule has 2 aliphatic rings. The molecular formula is C18H25NO5. The van der Waals surface area contributed by atoms with Gasteiger partial charge in [0.05, 0.1) is 25.3 Å². The highest BCUT2D eigenvalue weighted by Gasteiger charge is 2.37. The van der Waals surface area contributed by atoms with Crippen LogP contribution in [0.25, 0.3) is 0 Å². The van der Waals surface area contributed by atoms with E-state index in [1.165, 1.54) is 0 Å².